The van der Waals surface area contributed by atoms with E-state index in [1.54, 1.807) is 0 Å². The van der Waals surface area contributed by atoms with E-state index in [-0.39, 0.29) is 11.8 Å². The minimum absolute atomic E-state index is 0.0942. The zero-order valence-corrected chi connectivity index (χ0v) is 19.6. The lowest BCUT2D eigenvalue weighted by Crippen LogP contribution is -2.40. The van der Waals surface area contributed by atoms with Crippen molar-refractivity contribution in [3.05, 3.63) is 60.7 Å². The molecule has 182 valence electrons. The zero-order valence-electron chi connectivity index (χ0n) is 17.2. The van der Waals surface area contributed by atoms with Crippen molar-refractivity contribution >= 4 is 28.8 Å². The van der Waals surface area contributed by atoms with Gasteiger partial charge in [-0.2, -0.15) is 25.6 Å². The highest BCUT2D eigenvalue weighted by atomic mass is 32.9. The number of fused-ring (bicyclic) bond motifs is 2. The molecule has 0 saturated heterocycles. The third-order valence-corrected chi connectivity index (χ3v) is 10.6. The van der Waals surface area contributed by atoms with Gasteiger partial charge in [-0.3, -0.25) is 4.18 Å². The highest BCUT2D eigenvalue weighted by molar-refractivity contribution is 8.34. The fourth-order valence-corrected chi connectivity index (χ4v) is 7.93. The summed E-state index contributed by atoms with van der Waals surface area (Å²) in [6, 6.07) is 18.5. The summed E-state index contributed by atoms with van der Waals surface area (Å²) in [5, 5.41) is -5.13. The van der Waals surface area contributed by atoms with Crippen LogP contribution in [-0.2, 0) is 33.0 Å². The topological polar surface area (TPSA) is 77.5 Å². The van der Waals surface area contributed by atoms with Crippen molar-refractivity contribution < 1.29 is 38.6 Å². The Labute approximate surface area is 193 Å². The molecule has 3 unspecified atom stereocenters. The van der Waals surface area contributed by atoms with E-state index in [4.69, 9.17) is 0 Å². The lowest BCUT2D eigenvalue weighted by molar-refractivity contribution is -0.0740. The van der Waals surface area contributed by atoms with Gasteiger partial charge in [0.25, 0.3) is 0 Å². The molecule has 2 aliphatic carbocycles. The Balaban J connectivity index is 0.000000186. The molecular weight excluding hydrogens is 504 g/mol. The highest BCUT2D eigenvalue weighted by Gasteiger charge is 2.57. The number of hydrogen-bond acceptors (Lipinski definition) is 5. The van der Waals surface area contributed by atoms with E-state index in [0.717, 1.165) is 22.6 Å². The van der Waals surface area contributed by atoms with Crippen LogP contribution in [0.15, 0.2) is 70.5 Å². The Kier molecular flexibility index (Phi) is 8.35. The smallest absolute Gasteiger partial charge is 0.262 e. The second-order valence-corrected chi connectivity index (χ2v) is 13.1. The molecule has 2 bridgehead atoms. The van der Waals surface area contributed by atoms with Crippen molar-refractivity contribution in [1.29, 1.82) is 0 Å². The fourth-order valence-electron chi connectivity index (χ4n) is 4.02. The van der Waals surface area contributed by atoms with Crippen molar-refractivity contribution in [2.75, 3.05) is 0 Å². The van der Waals surface area contributed by atoms with Gasteiger partial charge < -0.3 is 0 Å². The van der Waals surface area contributed by atoms with E-state index >= 15 is 0 Å². The first-order chi connectivity index (χ1) is 15.5. The number of hydrogen-bond donors (Lipinski definition) is 0. The largest absolute Gasteiger partial charge is 0.428 e. The summed E-state index contributed by atoms with van der Waals surface area (Å²) in [5.41, 5.74) is 0. The lowest BCUT2D eigenvalue weighted by Gasteiger charge is -2.24. The Morgan fingerprint density at radius 3 is 1.76 bits per heavy atom. The van der Waals surface area contributed by atoms with Crippen LogP contribution in [-0.4, -0.2) is 34.6 Å². The third kappa shape index (κ3) is 6.03. The first-order valence-corrected chi connectivity index (χ1v) is 14.3. The molecule has 2 aliphatic rings. The van der Waals surface area contributed by atoms with Gasteiger partial charge in [0.15, 0.2) is 0 Å². The summed E-state index contributed by atoms with van der Waals surface area (Å²) >= 11 is 0. The summed E-state index contributed by atoms with van der Waals surface area (Å²) in [6.45, 7) is 0. The molecule has 4 rings (SSSR count). The average Bonchev–Trinajstić information content (AvgIpc) is 3.38. The maximum atomic E-state index is 12.8. The van der Waals surface area contributed by atoms with Gasteiger partial charge in [0.1, 0.15) is 0 Å². The van der Waals surface area contributed by atoms with Crippen molar-refractivity contribution in [1.82, 2.24) is 0 Å². The summed E-state index contributed by atoms with van der Waals surface area (Å²) in [5.74, 6) is 0.184. The Bertz CT molecular complexity index is 1140. The Morgan fingerprint density at radius 2 is 1.39 bits per heavy atom. The molecule has 0 aliphatic heterocycles. The van der Waals surface area contributed by atoms with Crippen LogP contribution in [0.5, 0.6) is 0 Å². The highest BCUT2D eigenvalue weighted by Crippen LogP contribution is 2.47. The first kappa shape index (κ1) is 25.9. The normalized spacial score (nSPS) is 22.3. The molecule has 0 radical (unpaired) electrons. The fraction of sp³-hybridized carbons (Fsp3) is 0.429. The van der Waals surface area contributed by atoms with Crippen LogP contribution in [0.4, 0.5) is 17.6 Å². The molecule has 0 N–H and O–H groups in total. The molecule has 5 nitrogen and oxygen atoms in total. The summed E-state index contributed by atoms with van der Waals surface area (Å²) in [6.07, 6.45) is -2.39. The molecule has 2 aromatic rings. The van der Waals surface area contributed by atoms with E-state index in [9.17, 15) is 34.4 Å². The van der Waals surface area contributed by atoms with Crippen LogP contribution in [0.1, 0.15) is 25.7 Å². The minimum atomic E-state index is -5.55. The Hall–Kier alpha value is -1.76. The molecule has 0 heterocycles. The molecule has 0 amide bonds. The van der Waals surface area contributed by atoms with Crippen molar-refractivity contribution in [2.45, 2.75) is 53.3 Å². The zero-order chi connectivity index (χ0) is 24.2. The van der Waals surface area contributed by atoms with Gasteiger partial charge in [0, 0.05) is 9.79 Å². The quantitative estimate of drug-likeness (QED) is 0.396. The van der Waals surface area contributed by atoms with Crippen molar-refractivity contribution in [3.8, 4) is 0 Å². The number of halogens is 4. The molecule has 0 spiro atoms. The standard InChI is InChI=1S/C12H10O2S2.C9H12F4O3S/c13-16(14)15(11-7-3-1-4-8-11)12-9-5-2-6-10-12;10-8(11)9(12,13)17(14,15)16-7-4-5-1-2-6(7)3-5/h1-10H;5-8H,1-4H2. The molecule has 0 aromatic heterocycles. The predicted molar refractivity (Wildman–Crippen MR) is 116 cm³/mol. The van der Waals surface area contributed by atoms with Crippen LogP contribution in [0.2, 0.25) is 0 Å². The maximum absolute atomic E-state index is 12.8. The van der Waals surface area contributed by atoms with Gasteiger partial charge in [-0.1, -0.05) is 36.4 Å². The third-order valence-electron chi connectivity index (χ3n) is 5.56. The molecular formula is C21H22F4O5S3. The van der Waals surface area contributed by atoms with Crippen molar-refractivity contribution in [2.24, 2.45) is 11.8 Å². The van der Waals surface area contributed by atoms with Crippen molar-refractivity contribution in [3.63, 3.8) is 0 Å². The van der Waals surface area contributed by atoms with Crippen LogP contribution in [0.25, 0.3) is 0 Å². The molecule has 12 heteroatoms. The SMILES string of the molecule is O=S(=O)(OC1CC2CCC1C2)C(F)(F)C(F)F.O=S(=O)=S(c1ccccc1)c1ccccc1. The molecule has 2 aromatic carbocycles. The summed E-state index contributed by atoms with van der Waals surface area (Å²) in [4.78, 5) is 1.64. The predicted octanol–water partition coefficient (Wildman–Crippen LogP) is 4.90. The number of alkyl halides is 4. The number of benzene rings is 2. The molecule has 2 fully saturated rings. The van der Waals surface area contributed by atoms with E-state index in [0.29, 0.717) is 12.8 Å². The van der Waals surface area contributed by atoms with E-state index in [1.807, 2.05) is 60.7 Å². The molecule has 2 saturated carbocycles. The lowest BCUT2D eigenvalue weighted by atomic mass is 9.98. The van der Waals surface area contributed by atoms with Gasteiger partial charge >= 0.3 is 21.8 Å². The van der Waals surface area contributed by atoms with E-state index < -0.39 is 46.6 Å². The van der Waals surface area contributed by atoms with Crippen LogP contribution in [0, 0.1) is 11.8 Å². The van der Waals surface area contributed by atoms with Gasteiger partial charge in [0.05, 0.1) is 6.10 Å². The second-order valence-electron chi connectivity index (χ2n) is 7.73. The van der Waals surface area contributed by atoms with E-state index in [2.05, 4.69) is 4.18 Å². The van der Waals surface area contributed by atoms with Crippen LogP contribution in [0.3, 0.4) is 0 Å². The maximum Gasteiger partial charge on any atom is 0.428 e. The number of rotatable bonds is 6. The molecule has 3 atom stereocenters. The van der Waals surface area contributed by atoms with Gasteiger partial charge in [0.2, 0.25) is 9.26 Å². The summed E-state index contributed by atoms with van der Waals surface area (Å²) < 4.78 is 98.5. The first-order valence-electron chi connectivity index (χ1n) is 10.1. The monoisotopic (exact) mass is 526 g/mol. The van der Waals surface area contributed by atoms with Gasteiger partial charge in [-0.15, -0.1) is 0 Å². The van der Waals surface area contributed by atoms with E-state index in [1.165, 1.54) is 0 Å². The van der Waals surface area contributed by atoms with Gasteiger partial charge in [-0.05, 0) is 71.2 Å². The van der Waals surface area contributed by atoms with Gasteiger partial charge in [-0.25, -0.2) is 8.78 Å². The van der Waals surface area contributed by atoms with Crippen LogP contribution < -0.4 is 0 Å². The average molecular weight is 527 g/mol. The minimum Gasteiger partial charge on any atom is -0.262 e. The molecule has 33 heavy (non-hydrogen) atoms. The summed E-state index contributed by atoms with van der Waals surface area (Å²) in [7, 11) is -8.56. The Morgan fingerprint density at radius 1 is 0.879 bits per heavy atom. The van der Waals surface area contributed by atoms with Crippen LogP contribution >= 0.6 is 0 Å². The second kappa shape index (κ2) is 10.7.